The van der Waals surface area contributed by atoms with Crippen LogP contribution >= 0.6 is 0 Å². The molecule has 0 spiro atoms. The Morgan fingerprint density at radius 1 is 1.44 bits per heavy atom. The first-order chi connectivity index (χ1) is 4.33. The second kappa shape index (κ2) is 2.44. The van der Waals surface area contributed by atoms with Gasteiger partial charge in [0.15, 0.2) is 0 Å². The molecule has 1 aromatic carbocycles. The van der Waals surface area contributed by atoms with Crippen LogP contribution in [-0.2, 0) is 0 Å². The maximum atomic E-state index is 8.54. The molecule has 9 heavy (non-hydrogen) atoms. The van der Waals surface area contributed by atoms with Gasteiger partial charge < -0.3 is 5.41 Å². The first-order valence-electron chi connectivity index (χ1n) is 2.87. The van der Waals surface area contributed by atoms with Gasteiger partial charge in [-0.25, -0.2) is 0 Å². The van der Waals surface area contributed by atoms with Gasteiger partial charge in [0.1, 0.15) is 0 Å². The van der Waals surface area contributed by atoms with Gasteiger partial charge in [-0.15, -0.1) is 0 Å². The predicted octanol–water partition coefficient (Wildman–Crippen LogP) is 1.98. The van der Waals surface area contributed by atoms with E-state index in [0.29, 0.717) is 0 Å². The quantitative estimate of drug-likeness (QED) is 0.503. The predicted molar refractivity (Wildman–Crippen MR) is 39.7 cm³/mol. The molecule has 0 amide bonds. The fourth-order valence-corrected chi connectivity index (χ4v) is 0.750. The largest absolute Gasteiger partial charge is 0.810 e. The molecule has 0 bridgehead atoms. The Morgan fingerprint density at radius 3 is 2.67 bits per heavy atom. The van der Waals surface area contributed by atoms with Gasteiger partial charge in [-0.1, -0.05) is 29.8 Å². The van der Waals surface area contributed by atoms with Gasteiger partial charge in [-0.05, 0) is 12.5 Å². The van der Waals surface area contributed by atoms with E-state index < -0.39 is 0 Å². The van der Waals surface area contributed by atoms with E-state index in [4.69, 9.17) is 5.41 Å². The number of benzene rings is 1. The molecule has 0 aliphatic carbocycles. The van der Waals surface area contributed by atoms with E-state index in [1.54, 1.807) is 0 Å². The molecule has 1 rings (SSSR count). The summed E-state index contributed by atoms with van der Waals surface area (Å²) in [6.07, 6.45) is 1.10. The molecule has 0 atom stereocenters. The number of hydrogen-bond acceptors (Lipinski definition) is 0. The lowest BCUT2D eigenvalue weighted by atomic mass is 10.2. The molecule has 0 heterocycles. The van der Waals surface area contributed by atoms with Crippen LogP contribution in [0.1, 0.15) is 11.1 Å². The van der Waals surface area contributed by atoms with Crippen molar-refractivity contribution in [3.05, 3.63) is 40.8 Å². The summed E-state index contributed by atoms with van der Waals surface area (Å²) in [5.41, 5.74) is 2.02. The first kappa shape index (κ1) is 6.02. The molecule has 0 fully saturated rings. The maximum absolute atomic E-state index is 8.54. The van der Waals surface area contributed by atoms with Crippen LogP contribution in [0.25, 0.3) is 5.41 Å². The van der Waals surface area contributed by atoms with Gasteiger partial charge in [-0.3, -0.25) is 0 Å². The van der Waals surface area contributed by atoms with Crippen molar-refractivity contribution in [2.75, 3.05) is 0 Å². The Morgan fingerprint density at radius 2 is 2.22 bits per heavy atom. The lowest BCUT2D eigenvalue weighted by Crippen LogP contribution is -1.77. The summed E-state index contributed by atoms with van der Waals surface area (Å²) >= 11 is 0. The highest BCUT2D eigenvalue weighted by atomic mass is 14.3. The third-order valence-electron chi connectivity index (χ3n) is 1.19. The van der Waals surface area contributed by atoms with E-state index in [1.165, 1.54) is 0 Å². The van der Waals surface area contributed by atoms with Crippen molar-refractivity contribution in [2.24, 2.45) is 0 Å². The summed E-state index contributed by atoms with van der Waals surface area (Å²) in [4.78, 5) is 0. The topological polar surface area (TPSA) is 22.3 Å². The fraction of sp³-hybridized carbons (Fsp3) is 0.125. The van der Waals surface area contributed by atoms with E-state index >= 15 is 0 Å². The Bertz CT molecular complexity index is 216. The minimum absolute atomic E-state index is 0.856. The molecular formula is C8H8N-. The summed E-state index contributed by atoms with van der Waals surface area (Å²) in [6, 6.07) is 7.68. The molecule has 0 aliphatic rings. The van der Waals surface area contributed by atoms with Crippen molar-refractivity contribution in [1.82, 2.24) is 0 Å². The number of hydrogen-bond donors (Lipinski definition) is 0. The molecule has 1 aromatic rings. The van der Waals surface area contributed by atoms with Crippen LogP contribution in [0.3, 0.4) is 0 Å². The van der Waals surface area contributed by atoms with Crippen LogP contribution in [0.15, 0.2) is 24.3 Å². The first-order valence-corrected chi connectivity index (χ1v) is 2.87. The summed E-state index contributed by atoms with van der Waals surface area (Å²) in [5.74, 6) is 0. The summed E-state index contributed by atoms with van der Waals surface area (Å²) < 4.78 is 0. The van der Waals surface area contributed by atoms with E-state index in [2.05, 4.69) is 0 Å². The van der Waals surface area contributed by atoms with Crippen LogP contribution in [0.2, 0.25) is 0 Å². The fourth-order valence-electron chi connectivity index (χ4n) is 0.750. The normalized spacial score (nSPS) is 9.00. The summed E-state index contributed by atoms with van der Waals surface area (Å²) in [7, 11) is 0. The molecule has 0 radical (unpaired) electrons. The third-order valence-corrected chi connectivity index (χ3v) is 1.19. The summed E-state index contributed by atoms with van der Waals surface area (Å²) in [6.45, 7) is 1.99. The van der Waals surface area contributed by atoms with Crippen LogP contribution in [0, 0.1) is 6.92 Å². The van der Waals surface area contributed by atoms with Crippen molar-refractivity contribution in [2.45, 2.75) is 6.92 Å². The van der Waals surface area contributed by atoms with Gasteiger partial charge in [-0.2, -0.15) is 6.21 Å². The molecule has 1 nitrogen and oxygen atoms in total. The standard InChI is InChI=1S/C8H8N/c1-7-3-2-4-8(5-7)6-9/h2-6H,1H3/q-1. The molecule has 0 unspecified atom stereocenters. The lowest BCUT2D eigenvalue weighted by molar-refractivity contribution is 1.47. The van der Waals surface area contributed by atoms with Crippen LogP contribution in [0.5, 0.6) is 0 Å². The van der Waals surface area contributed by atoms with Crippen LogP contribution in [-0.4, -0.2) is 6.21 Å². The van der Waals surface area contributed by atoms with E-state index in [0.717, 1.165) is 17.3 Å². The second-order valence-corrected chi connectivity index (χ2v) is 2.04. The monoisotopic (exact) mass is 118 g/mol. The SMILES string of the molecule is Cc1cccc(C=[N-])c1. The van der Waals surface area contributed by atoms with E-state index in [9.17, 15) is 0 Å². The molecule has 0 saturated heterocycles. The van der Waals surface area contributed by atoms with Crippen LogP contribution in [0.4, 0.5) is 0 Å². The van der Waals surface area contributed by atoms with Gasteiger partial charge in [0, 0.05) is 0 Å². The molecular weight excluding hydrogens is 110 g/mol. The smallest absolute Gasteiger partial charge is 0.0398 e. The number of rotatable bonds is 1. The highest BCUT2D eigenvalue weighted by molar-refractivity contribution is 5.82. The second-order valence-electron chi connectivity index (χ2n) is 2.04. The highest BCUT2D eigenvalue weighted by Gasteiger charge is 1.81. The number of nitrogens with zero attached hydrogens (tertiary/aromatic N) is 1. The minimum Gasteiger partial charge on any atom is -0.810 e. The average molecular weight is 118 g/mol. The minimum atomic E-state index is 0.856. The maximum Gasteiger partial charge on any atom is -0.0398 e. The molecule has 0 N–H and O–H groups in total. The average Bonchev–Trinajstić information content (AvgIpc) is 1.88. The van der Waals surface area contributed by atoms with Gasteiger partial charge in [0.25, 0.3) is 0 Å². The van der Waals surface area contributed by atoms with Gasteiger partial charge in [0.05, 0.1) is 0 Å². The van der Waals surface area contributed by atoms with Crippen molar-refractivity contribution >= 4 is 6.21 Å². The van der Waals surface area contributed by atoms with Crippen molar-refractivity contribution in [1.29, 1.82) is 0 Å². The van der Waals surface area contributed by atoms with Crippen molar-refractivity contribution < 1.29 is 0 Å². The molecule has 1 heteroatoms. The lowest BCUT2D eigenvalue weighted by Gasteiger charge is -1.96. The Hall–Kier alpha value is -1.11. The zero-order valence-corrected chi connectivity index (χ0v) is 5.33. The third kappa shape index (κ3) is 1.39. The zero-order chi connectivity index (χ0) is 6.69. The van der Waals surface area contributed by atoms with E-state index in [-0.39, 0.29) is 0 Å². The molecule has 0 aliphatic heterocycles. The van der Waals surface area contributed by atoms with Gasteiger partial charge >= 0.3 is 0 Å². The Kier molecular flexibility index (Phi) is 1.63. The number of aryl methyl sites for hydroxylation is 1. The zero-order valence-electron chi connectivity index (χ0n) is 5.33. The Balaban J connectivity index is 3.07. The van der Waals surface area contributed by atoms with Gasteiger partial charge in [0.2, 0.25) is 0 Å². The highest BCUT2D eigenvalue weighted by Crippen LogP contribution is 1.99. The van der Waals surface area contributed by atoms with Crippen molar-refractivity contribution in [3.63, 3.8) is 0 Å². The molecule has 0 saturated carbocycles. The van der Waals surface area contributed by atoms with E-state index in [1.807, 2.05) is 31.2 Å². The van der Waals surface area contributed by atoms with Crippen LogP contribution < -0.4 is 0 Å². The summed E-state index contributed by atoms with van der Waals surface area (Å²) in [5, 5.41) is 8.54. The van der Waals surface area contributed by atoms with Crippen molar-refractivity contribution in [3.8, 4) is 0 Å². The molecule has 0 aromatic heterocycles. The molecule has 46 valence electrons. The Labute approximate surface area is 54.8 Å².